The molecule has 0 fully saturated rings. The van der Waals surface area contributed by atoms with Crippen LogP contribution >= 0.6 is 11.3 Å². The second-order valence-electron chi connectivity index (χ2n) is 1.84. The number of fused-ring (bicyclic) bond motifs is 1. The van der Waals surface area contributed by atoms with Gasteiger partial charge in [0.25, 0.3) is 0 Å². The monoisotopic (exact) mass is 139 g/mol. The van der Waals surface area contributed by atoms with E-state index in [9.17, 15) is 0 Å². The molecule has 2 aromatic heterocycles. The summed E-state index contributed by atoms with van der Waals surface area (Å²) in [5.41, 5.74) is 0. The molecule has 0 atom stereocenters. The summed E-state index contributed by atoms with van der Waals surface area (Å²) in [6.07, 6.45) is 1.60. The molecule has 2 rings (SSSR count). The predicted octanol–water partition coefficient (Wildman–Crippen LogP) is 1.93. The number of thiophene rings is 1. The lowest BCUT2D eigenvalue weighted by Crippen LogP contribution is -1.48. The molecular formula is C6H5NOS. The fourth-order valence-corrected chi connectivity index (χ4v) is 1.60. The average molecular weight is 139 g/mol. The van der Waals surface area contributed by atoms with Gasteiger partial charge in [0.1, 0.15) is 10.6 Å². The summed E-state index contributed by atoms with van der Waals surface area (Å²) < 4.78 is 0. The van der Waals surface area contributed by atoms with E-state index in [1.54, 1.807) is 17.5 Å². The van der Waals surface area contributed by atoms with Crippen LogP contribution in [0.4, 0.5) is 0 Å². The third kappa shape index (κ3) is 0.549. The molecule has 0 saturated carbocycles. The van der Waals surface area contributed by atoms with E-state index in [0.29, 0.717) is 5.75 Å². The molecule has 3 heteroatoms. The molecule has 0 amide bonds. The Bertz CT molecular complexity index is 322. The average Bonchev–Trinajstić information content (AvgIpc) is 2.35. The van der Waals surface area contributed by atoms with E-state index in [4.69, 9.17) is 5.11 Å². The summed E-state index contributed by atoms with van der Waals surface area (Å²) >= 11 is 1.59. The highest BCUT2D eigenvalue weighted by molar-refractivity contribution is 7.16. The van der Waals surface area contributed by atoms with E-state index in [0.717, 1.165) is 10.2 Å². The van der Waals surface area contributed by atoms with Crippen molar-refractivity contribution < 1.29 is 5.11 Å². The van der Waals surface area contributed by atoms with Crippen LogP contribution in [0.25, 0.3) is 10.2 Å². The Morgan fingerprint density at radius 3 is 3.22 bits per heavy atom. The van der Waals surface area contributed by atoms with Crippen molar-refractivity contribution in [2.24, 2.45) is 0 Å². The molecule has 0 aromatic carbocycles. The summed E-state index contributed by atoms with van der Waals surface area (Å²) in [4.78, 5) is 3.97. The van der Waals surface area contributed by atoms with Crippen molar-refractivity contribution in [1.29, 1.82) is 0 Å². The maximum atomic E-state index is 9.08. The Morgan fingerprint density at radius 1 is 1.56 bits per heavy atom. The van der Waals surface area contributed by atoms with Crippen molar-refractivity contribution in [3.63, 3.8) is 0 Å². The van der Waals surface area contributed by atoms with E-state index in [2.05, 4.69) is 4.98 Å². The molecule has 0 spiro atoms. The molecule has 0 aliphatic heterocycles. The Morgan fingerprint density at radius 2 is 2.44 bits per heavy atom. The quantitative estimate of drug-likeness (QED) is 0.574. The van der Waals surface area contributed by atoms with Crippen LogP contribution in [0.15, 0.2) is 17.6 Å². The minimum atomic E-state index is 0.339. The molecule has 2 heterocycles. The summed E-state index contributed by atoms with van der Waals surface area (Å²) in [7, 11) is 0. The van der Waals surface area contributed by atoms with Gasteiger partial charge in [0.05, 0.1) is 5.39 Å². The van der Waals surface area contributed by atoms with E-state index in [1.807, 2.05) is 11.4 Å². The van der Waals surface area contributed by atoms with Crippen molar-refractivity contribution in [3.05, 3.63) is 17.6 Å². The molecule has 0 unspecified atom stereocenters. The number of aromatic amines is 1. The summed E-state index contributed by atoms with van der Waals surface area (Å²) in [6, 6.07) is 1.89. The van der Waals surface area contributed by atoms with Gasteiger partial charge in [-0.3, -0.25) is 0 Å². The minimum absolute atomic E-state index is 0.339. The SMILES string of the molecule is Oc1c[nH]c2sccc12. The smallest absolute Gasteiger partial charge is 0.141 e. The highest BCUT2D eigenvalue weighted by atomic mass is 32.1. The lowest BCUT2D eigenvalue weighted by atomic mass is 10.4. The van der Waals surface area contributed by atoms with Crippen LogP contribution in [0.1, 0.15) is 0 Å². The van der Waals surface area contributed by atoms with Crippen molar-refractivity contribution in [1.82, 2.24) is 4.98 Å². The van der Waals surface area contributed by atoms with Gasteiger partial charge in [0.15, 0.2) is 0 Å². The molecule has 46 valence electrons. The zero-order chi connectivity index (χ0) is 6.27. The van der Waals surface area contributed by atoms with Crippen molar-refractivity contribution in [2.45, 2.75) is 0 Å². The number of aromatic hydroxyl groups is 1. The fourth-order valence-electron chi connectivity index (χ4n) is 0.834. The molecule has 0 radical (unpaired) electrons. The van der Waals surface area contributed by atoms with Gasteiger partial charge in [0, 0.05) is 6.20 Å². The lowest BCUT2D eigenvalue weighted by molar-refractivity contribution is 0.481. The molecule has 2 N–H and O–H groups in total. The van der Waals surface area contributed by atoms with Gasteiger partial charge in [0.2, 0.25) is 0 Å². The highest BCUT2D eigenvalue weighted by Crippen LogP contribution is 2.27. The normalized spacial score (nSPS) is 10.7. The first-order valence-electron chi connectivity index (χ1n) is 2.61. The van der Waals surface area contributed by atoms with Crippen LogP contribution in [0.3, 0.4) is 0 Å². The van der Waals surface area contributed by atoms with E-state index < -0.39 is 0 Å². The zero-order valence-electron chi connectivity index (χ0n) is 4.59. The maximum Gasteiger partial charge on any atom is 0.141 e. The molecule has 2 nitrogen and oxygen atoms in total. The topological polar surface area (TPSA) is 36.0 Å². The van der Waals surface area contributed by atoms with Gasteiger partial charge in [-0.25, -0.2) is 0 Å². The second kappa shape index (κ2) is 1.51. The van der Waals surface area contributed by atoms with Crippen LogP contribution in [-0.4, -0.2) is 10.1 Å². The van der Waals surface area contributed by atoms with E-state index in [-0.39, 0.29) is 0 Å². The molecule has 0 saturated heterocycles. The first-order valence-corrected chi connectivity index (χ1v) is 3.49. The third-order valence-corrected chi connectivity index (χ3v) is 2.13. The summed E-state index contributed by atoms with van der Waals surface area (Å²) in [5, 5.41) is 11.9. The molecule has 0 aliphatic rings. The van der Waals surface area contributed by atoms with Crippen LogP contribution < -0.4 is 0 Å². The minimum Gasteiger partial charge on any atom is -0.506 e. The zero-order valence-corrected chi connectivity index (χ0v) is 5.40. The number of hydrogen-bond acceptors (Lipinski definition) is 2. The fraction of sp³-hybridized carbons (Fsp3) is 0. The summed E-state index contributed by atoms with van der Waals surface area (Å²) in [6.45, 7) is 0. The van der Waals surface area contributed by atoms with Gasteiger partial charge in [-0.1, -0.05) is 0 Å². The number of rotatable bonds is 0. The summed E-state index contributed by atoms with van der Waals surface area (Å²) in [5.74, 6) is 0.339. The van der Waals surface area contributed by atoms with Crippen molar-refractivity contribution in [3.8, 4) is 5.75 Å². The molecular weight excluding hydrogens is 134 g/mol. The predicted molar refractivity (Wildman–Crippen MR) is 37.8 cm³/mol. The van der Waals surface area contributed by atoms with Crippen LogP contribution in [0.2, 0.25) is 0 Å². The first kappa shape index (κ1) is 4.88. The van der Waals surface area contributed by atoms with Crippen molar-refractivity contribution >= 4 is 21.6 Å². The third-order valence-electron chi connectivity index (χ3n) is 1.28. The van der Waals surface area contributed by atoms with Gasteiger partial charge >= 0.3 is 0 Å². The van der Waals surface area contributed by atoms with Crippen LogP contribution in [-0.2, 0) is 0 Å². The Hall–Kier alpha value is -0.960. The van der Waals surface area contributed by atoms with Gasteiger partial charge in [-0.15, -0.1) is 11.3 Å². The van der Waals surface area contributed by atoms with Crippen molar-refractivity contribution in [2.75, 3.05) is 0 Å². The molecule has 2 aromatic rings. The standard InChI is InChI=1S/C6H5NOS/c8-5-3-7-6-4(5)1-2-9-6/h1-3,7-8H. The van der Waals surface area contributed by atoms with Crippen LogP contribution in [0.5, 0.6) is 5.75 Å². The first-order chi connectivity index (χ1) is 4.38. The molecule has 0 bridgehead atoms. The van der Waals surface area contributed by atoms with E-state index >= 15 is 0 Å². The molecule has 9 heavy (non-hydrogen) atoms. The highest BCUT2D eigenvalue weighted by Gasteiger charge is 1.99. The molecule has 0 aliphatic carbocycles. The van der Waals surface area contributed by atoms with Gasteiger partial charge < -0.3 is 10.1 Å². The van der Waals surface area contributed by atoms with Gasteiger partial charge in [-0.05, 0) is 11.4 Å². The Balaban J connectivity index is 2.99. The Kier molecular flexibility index (Phi) is 0.818. The second-order valence-corrected chi connectivity index (χ2v) is 2.75. The lowest BCUT2D eigenvalue weighted by Gasteiger charge is -1.75. The number of H-pyrrole nitrogens is 1. The number of aromatic nitrogens is 1. The van der Waals surface area contributed by atoms with Gasteiger partial charge in [-0.2, -0.15) is 0 Å². The largest absolute Gasteiger partial charge is 0.506 e. The maximum absolute atomic E-state index is 9.08. The number of nitrogens with one attached hydrogen (secondary N) is 1. The Labute approximate surface area is 55.8 Å². The van der Waals surface area contributed by atoms with E-state index in [1.165, 1.54) is 0 Å². The van der Waals surface area contributed by atoms with Crippen LogP contribution in [0, 0.1) is 0 Å². The number of hydrogen-bond donors (Lipinski definition) is 2.